The van der Waals surface area contributed by atoms with Crippen LogP contribution < -0.4 is 21.3 Å². The Balaban J connectivity index is 1.31. The van der Waals surface area contributed by atoms with Gasteiger partial charge in [0, 0.05) is 50.5 Å². The van der Waals surface area contributed by atoms with E-state index in [1.54, 1.807) is 18.6 Å². The fourth-order valence-electron chi connectivity index (χ4n) is 4.77. The highest BCUT2D eigenvalue weighted by Gasteiger charge is 2.25. The van der Waals surface area contributed by atoms with Crippen LogP contribution in [0.4, 0.5) is 17.3 Å². The fourth-order valence-corrected chi connectivity index (χ4v) is 5.43. The van der Waals surface area contributed by atoms with Crippen molar-refractivity contribution < 1.29 is 14.3 Å². The molecule has 10 nitrogen and oxygen atoms in total. The van der Waals surface area contributed by atoms with Crippen LogP contribution in [0.15, 0.2) is 29.9 Å². The first-order valence-corrected chi connectivity index (χ1v) is 13.3. The molecule has 0 bridgehead atoms. The predicted molar refractivity (Wildman–Crippen MR) is 140 cm³/mol. The number of ether oxygens (including phenoxy) is 1. The number of pyridine rings is 2. The molecule has 0 aromatic carbocycles. The van der Waals surface area contributed by atoms with Crippen molar-refractivity contribution in [3.05, 3.63) is 35.5 Å². The van der Waals surface area contributed by atoms with Crippen LogP contribution in [0.25, 0.3) is 10.3 Å². The third kappa shape index (κ3) is 6.08. The van der Waals surface area contributed by atoms with Gasteiger partial charge in [0.05, 0.1) is 16.8 Å². The van der Waals surface area contributed by atoms with Crippen LogP contribution in [0, 0.1) is 0 Å². The third-order valence-corrected chi connectivity index (χ3v) is 7.39. The van der Waals surface area contributed by atoms with E-state index in [1.165, 1.54) is 11.3 Å². The maximum absolute atomic E-state index is 13.3. The molecule has 0 spiro atoms. The van der Waals surface area contributed by atoms with E-state index in [0.29, 0.717) is 30.4 Å². The Morgan fingerprint density at radius 3 is 2.44 bits per heavy atom. The summed E-state index contributed by atoms with van der Waals surface area (Å²) in [5.41, 5.74) is 3.89. The Hall–Kier alpha value is -3.31. The maximum atomic E-state index is 13.3. The van der Waals surface area contributed by atoms with Crippen LogP contribution >= 0.6 is 11.3 Å². The van der Waals surface area contributed by atoms with Gasteiger partial charge < -0.3 is 26.0 Å². The SMILES string of the molecule is CC(=O)NC1CCC(NC(=O)c2cnc(Nc3ccc4ncsc4n3)cc2NC2CCOCC2)CC1. The van der Waals surface area contributed by atoms with E-state index in [2.05, 4.69) is 36.2 Å². The van der Waals surface area contributed by atoms with Gasteiger partial charge in [-0.15, -0.1) is 11.3 Å². The van der Waals surface area contributed by atoms with Gasteiger partial charge in [-0.2, -0.15) is 0 Å². The molecule has 0 unspecified atom stereocenters. The van der Waals surface area contributed by atoms with Gasteiger partial charge in [0.1, 0.15) is 22.0 Å². The number of amides is 2. The van der Waals surface area contributed by atoms with Crippen molar-refractivity contribution in [2.45, 2.75) is 63.6 Å². The molecule has 11 heteroatoms. The van der Waals surface area contributed by atoms with E-state index >= 15 is 0 Å². The molecule has 3 aromatic heterocycles. The van der Waals surface area contributed by atoms with Gasteiger partial charge in [0.15, 0.2) is 0 Å². The molecule has 1 aliphatic carbocycles. The summed E-state index contributed by atoms with van der Waals surface area (Å²) in [6, 6.07) is 6.15. The van der Waals surface area contributed by atoms with Crippen LogP contribution in [0.3, 0.4) is 0 Å². The third-order valence-electron chi connectivity index (χ3n) is 6.65. The molecule has 1 saturated heterocycles. The lowest BCUT2D eigenvalue weighted by molar-refractivity contribution is -0.119. The van der Waals surface area contributed by atoms with E-state index in [0.717, 1.165) is 54.6 Å². The number of carbonyl (C=O) groups is 2. The molecule has 2 aliphatic rings. The second kappa shape index (κ2) is 11.2. The van der Waals surface area contributed by atoms with Gasteiger partial charge in [-0.3, -0.25) is 9.59 Å². The average molecular weight is 510 g/mol. The molecule has 4 N–H and O–H groups in total. The molecule has 190 valence electrons. The summed E-state index contributed by atoms with van der Waals surface area (Å²) in [5, 5.41) is 13.0. The lowest BCUT2D eigenvalue weighted by Gasteiger charge is -2.30. The molecule has 3 aromatic rings. The van der Waals surface area contributed by atoms with Crippen LogP contribution in [-0.4, -0.2) is 58.1 Å². The molecule has 36 heavy (non-hydrogen) atoms. The van der Waals surface area contributed by atoms with Crippen molar-refractivity contribution in [3.63, 3.8) is 0 Å². The highest BCUT2D eigenvalue weighted by molar-refractivity contribution is 7.16. The van der Waals surface area contributed by atoms with Crippen molar-refractivity contribution in [3.8, 4) is 0 Å². The highest BCUT2D eigenvalue weighted by Crippen LogP contribution is 2.26. The summed E-state index contributed by atoms with van der Waals surface area (Å²) in [7, 11) is 0. The largest absolute Gasteiger partial charge is 0.381 e. The molecule has 0 radical (unpaired) electrons. The number of rotatable bonds is 7. The first-order valence-electron chi connectivity index (χ1n) is 12.4. The first kappa shape index (κ1) is 24.4. The minimum Gasteiger partial charge on any atom is -0.381 e. The summed E-state index contributed by atoms with van der Waals surface area (Å²) in [5.74, 6) is 1.13. The molecule has 1 aliphatic heterocycles. The van der Waals surface area contributed by atoms with E-state index in [9.17, 15) is 9.59 Å². The molecule has 1 saturated carbocycles. The highest BCUT2D eigenvalue weighted by atomic mass is 32.1. The minimum absolute atomic E-state index is 0.00624. The summed E-state index contributed by atoms with van der Waals surface area (Å²) >= 11 is 1.48. The number of aromatic nitrogens is 3. The number of hydrogen-bond acceptors (Lipinski definition) is 9. The van der Waals surface area contributed by atoms with Gasteiger partial charge >= 0.3 is 0 Å². The Bertz CT molecular complexity index is 1220. The smallest absolute Gasteiger partial charge is 0.255 e. The van der Waals surface area contributed by atoms with E-state index in [1.807, 2.05) is 18.2 Å². The van der Waals surface area contributed by atoms with E-state index in [4.69, 9.17) is 4.74 Å². The van der Waals surface area contributed by atoms with Gasteiger partial charge in [0.2, 0.25) is 5.91 Å². The summed E-state index contributed by atoms with van der Waals surface area (Å²) in [4.78, 5) is 38.9. The second-order valence-corrected chi connectivity index (χ2v) is 10.2. The molecule has 2 fully saturated rings. The summed E-state index contributed by atoms with van der Waals surface area (Å²) in [6.45, 7) is 2.94. The van der Waals surface area contributed by atoms with E-state index < -0.39 is 0 Å². The van der Waals surface area contributed by atoms with Gasteiger partial charge in [-0.25, -0.2) is 15.0 Å². The van der Waals surface area contributed by atoms with Crippen molar-refractivity contribution in [2.75, 3.05) is 23.8 Å². The summed E-state index contributed by atoms with van der Waals surface area (Å²) in [6.07, 6.45) is 6.75. The van der Waals surface area contributed by atoms with Crippen LogP contribution in [0.2, 0.25) is 0 Å². The Labute approximate surface area is 213 Å². The van der Waals surface area contributed by atoms with Crippen LogP contribution in [0.1, 0.15) is 55.8 Å². The Morgan fingerprint density at radius 2 is 1.69 bits per heavy atom. The van der Waals surface area contributed by atoms with Crippen molar-refractivity contribution in [1.82, 2.24) is 25.6 Å². The molecular formula is C25H31N7O3S. The van der Waals surface area contributed by atoms with Gasteiger partial charge in [-0.1, -0.05) is 0 Å². The lowest BCUT2D eigenvalue weighted by atomic mass is 9.91. The second-order valence-electron chi connectivity index (χ2n) is 9.37. The number of carbonyl (C=O) groups excluding carboxylic acids is 2. The number of fused-ring (bicyclic) bond motifs is 1. The van der Waals surface area contributed by atoms with Crippen LogP contribution in [-0.2, 0) is 9.53 Å². The minimum atomic E-state index is -0.143. The zero-order valence-electron chi connectivity index (χ0n) is 20.3. The van der Waals surface area contributed by atoms with Gasteiger partial charge in [-0.05, 0) is 50.7 Å². The topological polar surface area (TPSA) is 130 Å². The Morgan fingerprint density at radius 1 is 0.944 bits per heavy atom. The van der Waals surface area contributed by atoms with Crippen molar-refractivity contribution in [1.29, 1.82) is 0 Å². The number of thiazole rings is 1. The quantitative estimate of drug-likeness (QED) is 0.380. The zero-order chi connectivity index (χ0) is 24.9. The Kier molecular flexibility index (Phi) is 7.57. The van der Waals surface area contributed by atoms with Crippen molar-refractivity contribution >= 4 is 50.8 Å². The predicted octanol–water partition coefficient (Wildman–Crippen LogP) is 3.60. The number of hydrogen-bond donors (Lipinski definition) is 4. The standard InChI is InChI=1S/C25H31N7O3S/c1-15(33)28-16-2-4-17(5-3-16)30-24(34)19-13-26-23(12-21(19)29-18-8-10-35-11-9-18)31-22-7-6-20-25(32-22)36-14-27-20/h6-7,12-14,16-18H,2-5,8-11H2,1H3,(H,28,33)(H,30,34)(H2,26,29,31,32). The zero-order valence-corrected chi connectivity index (χ0v) is 21.1. The molecular weight excluding hydrogens is 478 g/mol. The van der Waals surface area contributed by atoms with Crippen LogP contribution in [0.5, 0.6) is 0 Å². The average Bonchev–Trinajstić information content (AvgIpc) is 3.34. The fraction of sp³-hybridized carbons (Fsp3) is 0.480. The van der Waals surface area contributed by atoms with Gasteiger partial charge in [0.25, 0.3) is 5.91 Å². The van der Waals surface area contributed by atoms with E-state index in [-0.39, 0.29) is 29.9 Å². The number of nitrogens with one attached hydrogen (secondary N) is 4. The summed E-state index contributed by atoms with van der Waals surface area (Å²) < 4.78 is 5.50. The molecule has 2 amide bonds. The number of nitrogens with zero attached hydrogens (tertiary/aromatic N) is 3. The molecule has 5 rings (SSSR count). The molecule has 4 heterocycles. The normalized spacial score (nSPS) is 20.6. The maximum Gasteiger partial charge on any atom is 0.255 e. The first-order chi connectivity index (χ1) is 17.5. The monoisotopic (exact) mass is 509 g/mol. The number of anilines is 3. The lowest BCUT2D eigenvalue weighted by Crippen LogP contribution is -2.43. The molecule has 0 atom stereocenters. The van der Waals surface area contributed by atoms with Crippen molar-refractivity contribution in [2.24, 2.45) is 0 Å².